The molecule has 134 valence electrons. The summed E-state index contributed by atoms with van der Waals surface area (Å²) in [5.74, 6) is -0.517. The average molecular weight is 350 g/mol. The lowest BCUT2D eigenvalue weighted by molar-refractivity contribution is -0.143. The zero-order valence-electron chi connectivity index (χ0n) is 13.6. The lowest BCUT2D eigenvalue weighted by atomic mass is 10.1. The fourth-order valence-corrected chi connectivity index (χ4v) is 1.98. The summed E-state index contributed by atoms with van der Waals surface area (Å²) in [5.41, 5.74) is 5.51. The van der Waals surface area contributed by atoms with Crippen LogP contribution in [-0.2, 0) is 19.1 Å². The molecule has 3 N–H and O–H groups in total. The Morgan fingerprint density at radius 2 is 2.04 bits per heavy atom. The van der Waals surface area contributed by atoms with Gasteiger partial charge >= 0.3 is 5.97 Å². The van der Waals surface area contributed by atoms with E-state index in [4.69, 9.17) is 24.7 Å². The number of carbonyl (C=O) groups excluding carboxylic acids is 3. The summed E-state index contributed by atoms with van der Waals surface area (Å²) in [6.07, 6.45) is 2.65. The molecule has 0 radical (unpaired) electrons. The first-order valence-corrected chi connectivity index (χ1v) is 7.37. The molecule has 25 heavy (non-hydrogen) atoms. The van der Waals surface area contributed by atoms with E-state index in [0.717, 1.165) is 6.08 Å². The van der Waals surface area contributed by atoms with Crippen molar-refractivity contribution in [2.75, 3.05) is 33.5 Å². The molecule has 0 bridgehead atoms. The third-order valence-corrected chi connectivity index (χ3v) is 3.07. The number of amides is 2. The molecular weight excluding hydrogens is 332 g/mol. The number of carbonyl (C=O) groups is 3. The van der Waals surface area contributed by atoms with Crippen molar-refractivity contribution in [1.29, 1.82) is 0 Å². The van der Waals surface area contributed by atoms with Crippen molar-refractivity contribution in [3.63, 3.8) is 0 Å². The van der Waals surface area contributed by atoms with E-state index in [1.807, 2.05) is 0 Å². The molecule has 0 aromatic heterocycles. The largest absolute Gasteiger partial charge is 0.493 e. The maximum absolute atomic E-state index is 11.6. The van der Waals surface area contributed by atoms with Gasteiger partial charge in [-0.1, -0.05) is 0 Å². The first kappa shape index (κ1) is 18.1. The van der Waals surface area contributed by atoms with E-state index in [1.54, 1.807) is 12.1 Å². The van der Waals surface area contributed by atoms with Gasteiger partial charge in [0.25, 0.3) is 5.91 Å². The van der Waals surface area contributed by atoms with E-state index in [1.165, 1.54) is 13.2 Å². The minimum absolute atomic E-state index is 0.316. The number of fused-ring (bicyclic) bond motifs is 1. The quantitative estimate of drug-likeness (QED) is 0.507. The highest BCUT2D eigenvalue weighted by molar-refractivity contribution is 5.90. The molecule has 1 aromatic carbocycles. The van der Waals surface area contributed by atoms with Crippen LogP contribution in [0, 0.1) is 0 Å². The van der Waals surface area contributed by atoms with Gasteiger partial charge in [-0.05, 0) is 23.8 Å². The summed E-state index contributed by atoms with van der Waals surface area (Å²) in [7, 11) is 1.50. The topological polar surface area (TPSA) is 126 Å². The van der Waals surface area contributed by atoms with Crippen molar-refractivity contribution in [2.24, 2.45) is 5.73 Å². The summed E-state index contributed by atoms with van der Waals surface area (Å²) in [5, 5.41) is 2.20. The Bertz CT molecular complexity index is 683. The van der Waals surface area contributed by atoms with Gasteiger partial charge in [0, 0.05) is 6.08 Å². The molecule has 1 aliphatic rings. The van der Waals surface area contributed by atoms with Crippen LogP contribution in [0.3, 0.4) is 0 Å². The highest BCUT2D eigenvalue weighted by Gasteiger charge is 2.17. The Hall–Kier alpha value is -3.23. The number of ether oxygens (including phenoxy) is 4. The molecule has 1 aliphatic heterocycles. The van der Waals surface area contributed by atoms with Crippen LogP contribution in [-0.4, -0.2) is 51.3 Å². The van der Waals surface area contributed by atoms with E-state index in [-0.39, 0.29) is 6.54 Å². The number of hydrogen-bond acceptors (Lipinski definition) is 7. The second kappa shape index (κ2) is 8.57. The number of esters is 1. The van der Waals surface area contributed by atoms with Crippen LogP contribution in [0.15, 0.2) is 18.2 Å². The fourth-order valence-electron chi connectivity index (χ4n) is 1.98. The molecule has 2 rings (SSSR count). The van der Waals surface area contributed by atoms with E-state index in [9.17, 15) is 14.4 Å². The number of primary amides is 1. The molecule has 1 aromatic rings. The van der Waals surface area contributed by atoms with Gasteiger partial charge < -0.3 is 30.0 Å². The Balaban J connectivity index is 1.93. The third-order valence-electron chi connectivity index (χ3n) is 3.07. The van der Waals surface area contributed by atoms with E-state index in [0.29, 0.717) is 36.0 Å². The highest BCUT2D eigenvalue weighted by atomic mass is 16.6. The first-order valence-electron chi connectivity index (χ1n) is 7.37. The Kier molecular flexibility index (Phi) is 6.21. The summed E-state index contributed by atoms with van der Waals surface area (Å²) >= 11 is 0. The molecule has 1 heterocycles. The van der Waals surface area contributed by atoms with Gasteiger partial charge in [-0.2, -0.15) is 0 Å². The maximum atomic E-state index is 11.6. The van der Waals surface area contributed by atoms with Crippen LogP contribution >= 0.6 is 0 Å². The molecular formula is C16H18N2O7. The molecule has 0 saturated carbocycles. The van der Waals surface area contributed by atoms with Crippen LogP contribution in [0.2, 0.25) is 0 Å². The number of nitrogens with one attached hydrogen (secondary N) is 1. The molecule has 9 heteroatoms. The van der Waals surface area contributed by atoms with Crippen LogP contribution in [0.5, 0.6) is 17.2 Å². The molecule has 9 nitrogen and oxygen atoms in total. The Labute approximate surface area is 143 Å². The minimum atomic E-state index is -0.719. The summed E-state index contributed by atoms with van der Waals surface area (Å²) in [6.45, 7) is 0.0264. The van der Waals surface area contributed by atoms with Crippen molar-refractivity contribution in [1.82, 2.24) is 5.32 Å². The molecule has 0 aliphatic carbocycles. The number of hydrogen-bond donors (Lipinski definition) is 2. The van der Waals surface area contributed by atoms with E-state index in [2.05, 4.69) is 5.32 Å². The van der Waals surface area contributed by atoms with Gasteiger partial charge in [0.05, 0.1) is 13.7 Å². The standard InChI is InChI=1S/C16H18N2O7/c1-22-11-6-10(7-12-16(11)24-5-4-23-12)2-3-15(21)25-9-14(20)18-8-13(17)19/h2-3,6-7H,4-5,8-9H2,1H3,(H2,17,19)(H,18,20)/b3-2+. The van der Waals surface area contributed by atoms with Crippen molar-refractivity contribution in [3.05, 3.63) is 23.8 Å². The number of benzene rings is 1. The molecule has 0 atom stereocenters. The maximum Gasteiger partial charge on any atom is 0.331 e. The smallest absolute Gasteiger partial charge is 0.331 e. The van der Waals surface area contributed by atoms with Crippen LogP contribution in [0.25, 0.3) is 6.08 Å². The van der Waals surface area contributed by atoms with Gasteiger partial charge in [-0.15, -0.1) is 0 Å². The fraction of sp³-hybridized carbons (Fsp3) is 0.312. The van der Waals surface area contributed by atoms with Gasteiger partial charge in [-0.25, -0.2) is 4.79 Å². The summed E-state index contributed by atoms with van der Waals surface area (Å²) in [4.78, 5) is 33.5. The van der Waals surface area contributed by atoms with Crippen molar-refractivity contribution in [2.45, 2.75) is 0 Å². The van der Waals surface area contributed by atoms with Crippen molar-refractivity contribution >= 4 is 23.9 Å². The second-order valence-corrected chi connectivity index (χ2v) is 4.93. The number of rotatable bonds is 7. The molecule has 0 fully saturated rings. The van der Waals surface area contributed by atoms with E-state index >= 15 is 0 Å². The molecule has 0 unspecified atom stereocenters. The zero-order valence-corrected chi connectivity index (χ0v) is 13.6. The monoisotopic (exact) mass is 350 g/mol. The zero-order chi connectivity index (χ0) is 18.2. The van der Waals surface area contributed by atoms with Gasteiger partial charge in [-0.3, -0.25) is 9.59 Å². The van der Waals surface area contributed by atoms with Crippen molar-refractivity contribution in [3.8, 4) is 17.2 Å². The second-order valence-electron chi connectivity index (χ2n) is 4.93. The minimum Gasteiger partial charge on any atom is -0.493 e. The van der Waals surface area contributed by atoms with Gasteiger partial charge in [0.15, 0.2) is 18.1 Å². The lowest BCUT2D eigenvalue weighted by Gasteiger charge is -2.20. The molecule has 0 saturated heterocycles. The predicted octanol–water partition coefficient (Wildman–Crippen LogP) is -0.376. The highest BCUT2D eigenvalue weighted by Crippen LogP contribution is 2.40. The van der Waals surface area contributed by atoms with Crippen LogP contribution in [0.4, 0.5) is 0 Å². The Morgan fingerprint density at radius 1 is 1.28 bits per heavy atom. The number of nitrogens with two attached hydrogens (primary N) is 1. The SMILES string of the molecule is COc1cc(/C=C/C(=O)OCC(=O)NCC(N)=O)cc2c1OCCO2. The normalized spacial score (nSPS) is 12.5. The summed E-state index contributed by atoms with van der Waals surface area (Å²) in [6, 6.07) is 3.37. The van der Waals surface area contributed by atoms with Gasteiger partial charge in [0.2, 0.25) is 11.7 Å². The Morgan fingerprint density at radius 3 is 2.76 bits per heavy atom. The number of methoxy groups -OCH3 is 1. The average Bonchev–Trinajstić information content (AvgIpc) is 2.62. The summed E-state index contributed by atoms with van der Waals surface area (Å²) < 4.78 is 21.0. The van der Waals surface area contributed by atoms with Crippen LogP contribution in [0.1, 0.15) is 5.56 Å². The third kappa shape index (κ3) is 5.41. The van der Waals surface area contributed by atoms with Gasteiger partial charge in [0.1, 0.15) is 13.2 Å². The predicted molar refractivity (Wildman–Crippen MR) is 86.2 cm³/mol. The molecule has 2 amide bonds. The van der Waals surface area contributed by atoms with Crippen molar-refractivity contribution < 1.29 is 33.3 Å². The first-order chi connectivity index (χ1) is 12.0. The molecule has 0 spiro atoms. The van der Waals surface area contributed by atoms with E-state index < -0.39 is 24.4 Å². The van der Waals surface area contributed by atoms with Crippen LogP contribution < -0.4 is 25.3 Å². The lowest BCUT2D eigenvalue weighted by Crippen LogP contribution is -2.35.